The van der Waals surface area contributed by atoms with Crippen LogP contribution in [0.1, 0.15) is 12.8 Å². The van der Waals surface area contributed by atoms with Gasteiger partial charge in [0.15, 0.2) is 0 Å². The summed E-state index contributed by atoms with van der Waals surface area (Å²) >= 11 is 0. The molecule has 256 valence electrons. The summed E-state index contributed by atoms with van der Waals surface area (Å²) in [5.74, 6) is -62.4. The number of alkyl halides is 22. The van der Waals surface area contributed by atoms with Crippen molar-refractivity contribution in [3.05, 3.63) is 12.7 Å². The van der Waals surface area contributed by atoms with Gasteiger partial charge in [-0.15, -0.1) is 0 Å². The Morgan fingerprint density at radius 1 is 0.558 bits per heavy atom. The SMILES string of the molecule is C=CC(=O)OC(COCCC(F)(F)C(F)(F)C(F)(F)C(F)(F)C(F)(F)C(F)(F)F)CC(F)(F)C(F)(F)C(F)(F)C(F)(F)F. The van der Waals surface area contributed by atoms with Crippen LogP contribution in [-0.2, 0) is 14.3 Å². The molecule has 0 bridgehead atoms. The van der Waals surface area contributed by atoms with Crippen molar-refractivity contribution in [2.45, 2.75) is 78.7 Å². The summed E-state index contributed by atoms with van der Waals surface area (Å²) in [6, 6.07) is 0. The number of halogens is 22. The highest BCUT2D eigenvalue weighted by atomic mass is 19.4. The Hall–Kier alpha value is -2.37. The van der Waals surface area contributed by atoms with E-state index in [0.29, 0.717) is 0 Å². The van der Waals surface area contributed by atoms with Crippen molar-refractivity contribution in [1.82, 2.24) is 0 Å². The van der Waals surface area contributed by atoms with Gasteiger partial charge < -0.3 is 9.47 Å². The summed E-state index contributed by atoms with van der Waals surface area (Å²) < 4.78 is 294. The maximum Gasteiger partial charge on any atom is 0.460 e. The van der Waals surface area contributed by atoms with E-state index in [1.165, 1.54) is 0 Å². The smallest absolute Gasteiger partial charge is 0.457 e. The molecule has 1 atom stereocenters. The molecule has 0 radical (unpaired) electrons. The average Bonchev–Trinajstić information content (AvgIpc) is 2.79. The van der Waals surface area contributed by atoms with Crippen molar-refractivity contribution >= 4 is 5.97 Å². The fourth-order valence-corrected chi connectivity index (χ4v) is 2.54. The van der Waals surface area contributed by atoms with E-state index in [0.717, 1.165) is 0 Å². The zero-order chi connectivity index (χ0) is 35.1. The maximum absolute atomic E-state index is 13.8. The Morgan fingerprint density at radius 2 is 0.907 bits per heavy atom. The molecule has 0 aliphatic carbocycles. The Balaban J connectivity index is 5.98. The molecule has 0 fully saturated rings. The summed E-state index contributed by atoms with van der Waals surface area (Å²) in [6.45, 7) is -1.89. The van der Waals surface area contributed by atoms with Gasteiger partial charge in [-0.05, 0) is 0 Å². The monoisotopic (exact) mass is 694 g/mol. The minimum absolute atomic E-state index is 0.0126. The first kappa shape index (κ1) is 40.6. The lowest BCUT2D eigenvalue weighted by molar-refractivity contribution is -0.440. The fourth-order valence-electron chi connectivity index (χ4n) is 2.54. The summed E-state index contributed by atoms with van der Waals surface area (Å²) in [6.07, 6.45) is -24.4. The zero-order valence-corrected chi connectivity index (χ0v) is 19.7. The van der Waals surface area contributed by atoms with Crippen LogP contribution in [0, 0.1) is 0 Å². The van der Waals surface area contributed by atoms with Gasteiger partial charge in [0.25, 0.3) is 0 Å². The highest BCUT2D eigenvalue weighted by Crippen LogP contribution is 2.61. The molecule has 25 heteroatoms. The molecule has 43 heavy (non-hydrogen) atoms. The van der Waals surface area contributed by atoms with Gasteiger partial charge in [-0.3, -0.25) is 0 Å². The number of esters is 1. The number of carbonyl (C=O) groups excluding carboxylic acids is 1. The molecule has 3 nitrogen and oxygen atoms in total. The van der Waals surface area contributed by atoms with E-state index in [9.17, 15) is 101 Å². The van der Waals surface area contributed by atoms with Gasteiger partial charge in [-0.25, -0.2) is 4.79 Å². The largest absolute Gasteiger partial charge is 0.460 e. The first-order chi connectivity index (χ1) is 18.5. The second-order valence-corrected chi connectivity index (χ2v) is 8.14. The van der Waals surface area contributed by atoms with Crippen molar-refractivity contribution in [1.29, 1.82) is 0 Å². The van der Waals surface area contributed by atoms with Crippen LogP contribution in [0.2, 0.25) is 0 Å². The molecule has 0 rings (SSSR count). The molecule has 0 aromatic rings. The number of ether oxygens (including phenoxy) is 2. The Kier molecular flexibility index (Phi) is 11.2. The molecule has 0 aromatic heterocycles. The van der Waals surface area contributed by atoms with Crippen LogP contribution in [0.25, 0.3) is 0 Å². The fraction of sp³-hybridized carbons (Fsp3) is 0.833. The maximum atomic E-state index is 13.8. The summed E-state index contributed by atoms with van der Waals surface area (Å²) in [7, 11) is 0. The van der Waals surface area contributed by atoms with Crippen molar-refractivity contribution < 1.29 is 111 Å². The molecule has 0 saturated heterocycles. The van der Waals surface area contributed by atoms with Gasteiger partial charge in [0, 0.05) is 12.5 Å². The van der Waals surface area contributed by atoms with E-state index in [2.05, 4.69) is 16.1 Å². The molecule has 0 heterocycles. The number of rotatable bonds is 15. The molecule has 1 unspecified atom stereocenters. The van der Waals surface area contributed by atoms with Crippen LogP contribution in [0.5, 0.6) is 0 Å². The predicted octanol–water partition coefficient (Wildman–Crippen LogP) is 8.09. The second kappa shape index (κ2) is 11.9. The highest BCUT2D eigenvalue weighted by Gasteiger charge is 2.90. The minimum Gasteiger partial charge on any atom is -0.457 e. The van der Waals surface area contributed by atoms with Crippen LogP contribution in [0.3, 0.4) is 0 Å². The lowest BCUT2D eigenvalue weighted by Gasteiger charge is -2.39. The lowest BCUT2D eigenvalue weighted by atomic mass is 9.93. The van der Waals surface area contributed by atoms with Gasteiger partial charge in [-0.1, -0.05) is 6.58 Å². The third kappa shape index (κ3) is 7.14. The molecular weight excluding hydrogens is 682 g/mol. The molecule has 0 N–H and O–H groups in total. The van der Waals surface area contributed by atoms with Crippen molar-refractivity contribution in [3.8, 4) is 0 Å². The molecular formula is C18H12F22O3. The van der Waals surface area contributed by atoms with Crippen molar-refractivity contribution in [2.75, 3.05) is 13.2 Å². The van der Waals surface area contributed by atoms with Crippen molar-refractivity contribution in [3.63, 3.8) is 0 Å². The Labute approximate surface area is 222 Å². The van der Waals surface area contributed by atoms with E-state index in [4.69, 9.17) is 0 Å². The number of hydrogen-bond donors (Lipinski definition) is 0. The first-order valence-electron chi connectivity index (χ1n) is 10.1. The third-order valence-corrected chi connectivity index (χ3v) is 5.01. The average molecular weight is 694 g/mol. The summed E-state index contributed by atoms with van der Waals surface area (Å²) in [5, 5.41) is 0. The predicted molar refractivity (Wildman–Crippen MR) is 91.8 cm³/mol. The lowest BCUT2D eigenvalue weighted by Crippen LogP contribution is -2.70. The number of hydrogen-bond acceptors (Lipinski definition) is 3. The number of carbonyl (C=O) groups is 1. The quantitative estimate of drug-likeness (QED) is 0.0753. The minimum atomic E-state index is -8.26. The molecule has 0 aliphatic heterocycles. The topological polar surface area (TPSA) is 35.5 Å². The van der Waals surface area contributed by atoms with Crippen LogP contribution < -0.4 is 0 Å². The second-order valence-electron chi connectivity index (χ2n) is 8.14. The summed E-state index contributed by atoms with van der Waals surface area (Å²) in [5.41, 5.74) is 0. The molecule has 0 aliphatic rings. The van der Waals surface area contributed by atoms with Crippen LogP contribution in [-0.4, -0.2) is 85.0 Å². The van der Waals surface area contributed by atoms with Gasteiger partial charge >= 0.3 is 65.7 Å². The van der Waals surface area contributed by atoms with Crippen LogP contribution >= 0.6 is 0 Å². The summed E-state index contributed by atoms with van der Waals surface area (Å²) in [4.78, 5) is 11.1. The van der Waals surface area contributed by atoms with Gasteiger partial charge in [-0.2, -0.15) is 96.6 Å². The third-order valence-electron chi connectivity index (χ3n) is 5.01. The molecule has 0 saturated carbocycles. The van der Waals surface area contributed by atoms with Crippen molar-refractivity contribution in [2.24, 2.45) is 0 Å². The van der Waals surface area contributed by atoms with E-state index in [1.54, 1.807) is 0 Å². The first-order valence-corrected chi connectivity index (χ1v) is 10.1. The normalized spacial score (nSPS) is 16.2. The van der Waals surface area contributed by atoms with E-state index >= 15 is 0 Å². The zero-order valence-electron chi connectivity index (χ0n) is 19.7. The standard InChI is InChI=1S/C18H12F22O3/c1-2-8(41)43-7(5-10(21,22)12(25,26)15(31,32)17(35,36)37)6-42-4-3-9(19,20)11(23,24)13(27,28)14(29,30)16(33,34)18(38,39)40/h2,7H,1,3-6H2. The van der Waals surface area contributed by atoms with Crippen LogP contribution in [0.15, 0.2) is 12.7 Å². The van der Waals surface area contributed by atoms with Gasteiger partial charge in [0.1, 0.15) is 6.10 Å². The van der Waals surface area contributed by atoms with Crippen LogP contribution in [0.4, 0.5) is 96.6 Å². The van der Waals surface area contributed by atoms with Gasteiger partial charge in [0.05, 0.1) is 19.6 Å². The molecule has 0 spiro atoms. The Morgan fingerprint density at radius 3 is 1.28 bits per heavy atom. The van der Waals surface area contributed by atoms with E-state index < -0.39 is 97.9 Å². The molecule has 0 amide bonds. The van der Waals surface area contributed by atoms with E-state index in [1.807, 2.05) is 0 Å². The molecule has 0 aromatic carbocycles. The van der Waals surface area contributed by atoms with Gasteiger partial charge in [0.2, 0.25) is 0 Å². The van der Waals surface area contributed by atoms with E-state index in [-0.39, 0.29) is 6.08 Å². The Bertz CT molecular complexity index is 979. The highest BCUT2D eigenvalue weighted by molar-refractivity contribution is 5.81.